The van der Waals surface area contributed by atoms with Gasteiger partial charge in [-0.05, 0) is 0 Å². The molecule has 0 aromatic carbocycles. The Kier molecular flexibility index (Phi) is 4.82. The molecular weight excluding hydrogens is 228 g/mol. The minimum absolute atomic E-state index is 1.12. The highest BCUT2D eigenvalue weighted by atomic mass is 16.6. The highest BCUT2D eigenvalue weighted by molar-refractivity contribution is 5.81. The molecular formula is C7H10O9. The van der Waals surface area contributed by atoms with Crippen molar-refractivity contribution in [2.75, 3.05) is 6.61 Å². The lowest BCUT2D eigenvalue weighted by Crippen LogP contribution is -2.51. The molecule has 9 nitrogen and oxygen atoms in total. The predicted molar refractivity (Wildman–Crippen MR) is 44.0 cm³/mol. The predicted octanol–water partition coefficient (Wildman–Crippen LogP) is -2.87. The Balaban J connectivity index is 4.45. The number of aliphatic hydroxyl groups is 3. The standard InChI is InChI=1S/C7H10O9/c8-3(1-4(9)10)7(14,15)6(13)16-2-5(11)12/h3,8,14-15H,1-2H2,(H,9,10)(H,11,12). The number of hydrogen-bond donors (Lipinski definition) is 5. The van der Waals surface area contributed by atoms with Crippen molar-refractivity contribution < 1.29 is 44.7 Å². The quantitative estimate of drug-likeness (QED) is 0.242. The van der Waals surface area contributed by atoms with E-state index in [1.165, 1.54) is 0 Å². The van der Waals surface area contributed by atoms with Gasteiger partial charge in [-0.1, -0.05) is 0 Å². The molecule has 0 saturated heterocycles. The van der Waals surface area contributed by atoms with Crippen LogP contribution in [-0.2, 0) is 19.1 Å². The Morgan fingerprint density at radius 3 is 2.00 bits per heavy atom. The van der Waals surface area contributed by atoms with Gasteiger partial charge < -0.3 is 30.3 Å². The molecule has 0 heterocycles. The number of aliphatic carboxylic acids is 2. The first-order valence-corrected chi connectivity index (χ1v) is 3.91. The highest BCUT2D eigenvalue weighted by Gasteiger charge is 2.44. The Hall–Kier alpha value is -1.71. The van der Waals surface area contributed by atoms with Gasteiger partial charge in [-0.25, -0.2) is 9.59 Å². The second-order valence-corrected chi connectivity index (χ2v) is 2.81. The highest BCUT2D eigenvalue weighted by Crippen LogP contribution is 2.12. The van der Waals surface area contributed by atoms with Crippen LogP contribution in [-0.4, -0.2) is 61.9 Å². The van der Waals surface area contributed by atoms with Gasteiger partial charge in [0.25, 0.3) is 5.79 Å². The van der Waals surface area contributed by atoms with Crippen LogP contribution in [0.3, 0.4) is 0 Å². The molecule has 1 unspecified atom stereocenters. The SMILES string of the molecule is O=C(O)COC(=O)C(O)(O)C(O)CC(=O)O. The van der Waals surface area contributed by atoms with Crippen LogP contribution in [0, 0.1) is 0 Å². The van der Waals surface area contributed by atoms with Crippen LogP contribution in [0.25, 0.3) is 0 Å². The van der Waals surface area contributed by atoms with E-state index >= 15 is 0 Å². The van der Waals surface area contributed by atoms with Crippen LogP contribution < -0.4 is 0 Å². The van der Waals surface area contributed by atoms with Crippen molar-refractivity contribution in [1.29, 1.82) is 0 Å². The monoisotopic (exact) mass is 238 g/mol. The smallest absolute Gasteiger partial charge is 0.369 e. The van der Waals surface area contributed by atoms with Crippen molar-refractivity contribution in [1.82, 2.24) is 0 Å². The van der Waals surface area contributed by atoms with Gasteiger partial charge in [0.05, 0.1) is 6.42 Å². The van der Waals surface area contributed by atoms with Gasteiger partial charge in [0.15, 0.2) is 6.61 Å². The zero-order valence-corrected chi connectivity index (χ0v) is 7.86. The molecule has 0 fully saturated rings. The second-order valence-electron chi connectivity index (χ2n) is 2.81. The summed E-state index contributed by atoms with van der Waals surface area (Å²) in [4.78, 5) is 31.0. The fraction of sp³-hybridized carbons (Fsp3) is 0.571. The molecule has 0 aliphatic carbocycles. The van der Waals surface area contributed by atoms with Gasteiger partial charge in [0, 0.05) is 0 Å². The number of hydrogen-bond acceptors (Lipinski definition) is 7. The molecule has 0 saturated carbocycles. The number of aliphatic hydroxyl groups excluding tert-OH is 1. The molecule has 0 rings (SSSR count). The third-order valence-corrected chi connectivity index (χ3v) is 1.46. The Bertz CT molecular complexity index is 294. The summed E-state index contributed by atoms with van der Waals surface area (Å²) in [6.45, 7) is -1.14. The first-order valence-electron chi connectivity index (χ1n) is 3.91. The summed E-state index contributed by atoms with van der Waals surface area (Å²) in [6.07, 6.45) is -3.44. The molecule has 0 spiro atoms. The third-order valence-electron chi connectivity index (χ3n) is 1.46. The first kappa shape index (κ1) is 14.3. The second kappa shape index (κ2) is 5.39. The maximum atomic E-state index is 10.9. The summed E-state index contributed by atoms with van der Waals surface area (Å²) in [7, 11) is 0. The summed E-state index contributed by atoms with van der Waals surface area (Å²) in [5.41, 5.74) is 0. The summed E-state index contributed by atoms with van der Waals surface area (Å²) in [5, 5.41) is 43.3. The Morgan fingerprint density at radius 1 is 1.12 bits per heavy atom. The van der Waals surface area contributed by atoms with Gasteiger partial charge in [-0.15, -0.1) is 0 Å². The van der Waals surface area contributed by atoms with Crippen molar-refractivity contribution in [2.24, 2.45) is 0 Å². The average molecular weight is 238 g/mol. The van der Waals surface area contributed by atoms with Crippen LogP contribution >= 0.6 is 0 Å². The van der Waals surface area contributed by atoms with Crippen LogP contribution in [0.4, 0.5) is 0 Å². The normalized spacial score (nSPS) is 12.9. The lowest BCUT2D eigenvalue weighted by atomic mass is 10.1. The van der Waals surface area contributed by atoms with Crippen molar-refractivity contribution >= 4 is 17.9 Å². The molecule has 0 amide bonds. The number of carbonyl (C=O) groups is 3. The number of ether oxygens (including phenoxy) is 1. The van der Waals surface area contributed by atoms with Crippen molar-refractivity contribution in [3.63, 3.8) is 0 Å². The molecule has 9 heteroatoms. The van der Waals surface area contributed by atoms with Gasteiger partial charge in [0.1, 0.15) is 6.10 Å². The lowest BCUT2D eigenvalue weighted by molar-refractivity contribution is -0.242. The van der Waals surface area contributed by atoms with E-state index in [1.807, 2.05) is 0 Å². The van der Waals surface area contributed by atoms with Crippen molar-refractivity contribution in [3.8, 4) is 0 Å². The van der Waals surface area contributed by atoms with Crippen LogP contribution in [0.2, 0.25) is 0 Å². The van der Waals surface area contributed by atoms with Crippen LogP contribution in [0.1, 0.15) is 6.42 Å². The molecule has 0 aromatic rings. The lowest BCUT2D eigenvalue weighted by Gasteiger charge is -2.23. The maximum Gasteiger partial charge on any atom is 0.369 e. The topological polar surface area (TPSA) is 162 Å². The number of esters is 1. The van der Waals surface area contributed by atoms with Gasteiger partial charge >= 0.3 is 17.9 Å². The first-order chi connectivity index (χ1) is 7.17. The molecule has 0 bridgehead atoms. The summed E-state index contributed by atoms with van der Waals surface area (Å²) < 4.78 is 3.88. The molecule has 5 N–H and O–H groups in total. The van der Waals surface area contributed by atoms with Gasteiger partial charge in [-0.3, -0.25) is 4.79 Å². The third kappa shape index (κ3) is 4.21. The van der Waals surface area contributed by atoms with Gasteiger partial charge in [-0.2, -0.15) is 0 Å². The largest absolute Gasteiger partial charge is 0.481 e. The van der Waals surface area contributed by atoms with E-state index in [0.29, 0.717) is 0 Å². The summed E-state index contributed by atoms with van der Waals surface area (Å²) in [6, 6.07) is 0. The molecule has 0 aromatic heterocycles. The molecule has 92 valence electrons. The molecule has 0 radical (unpaired) electrons. The van der Waals surface area contributed by atoms with Crippen molar-refractivity contribution in [2.45, 2.75) is 18.3 Å². The van der Waals surface area contributed by atoms with E-state index in [0.717, 1.165) is 0 Å². The minimum atomic E-state index is -3.46. The molecule has 0 aliphatic heterocycles. The summed E-state index contributed by atoms with van der Waals surface area (Å²) >= 11 is 0. The Labute approximate surface area is 88.5 Å². The zero-order valence-electron chi connectivity index (χ0n) is 7.86. The number of carboxylic acids is 2. The molecule has 0 aliphatic rings. The van der Waals surface area contributed by atoms with E-state index in [9.17, 15) is 14.4 Å². The Morgan fingerprint density at radius 2 is 1.62 bits per heavy atom. The maximum absolute atomic E-state index is 10.9. The molecule has 1 atom stereocenters. The van der Waals surface area contributed by atoms with E-state index in [1.54, 1.807) is 0 Å². The van der Waals surface area contributed by atoms with Crippen molar-refractivity contribution in [3.05, 3.63) is 0 Å². The minimum Gasteiger partial charge on any atom is -0.481 e. The van der Waals surface area contributed by atoms with E-state index < -0.39 is 42.8 Å². The zero-order chi connectivity index (χ0) is 12.9. The number of carboxylic acid groups (broad SMARTS) is 2. The van der Waals surface area contributed by atoms with E-state index in [4.69, 9.17) is 25.5 Å². The van der Waals surface area contributed by atoms with E-state index in [2.05, 4.69) is 4.74 Å². The van der Waals surface area contributed by atoms with E-state index in [-0.39, 0.29) is 0 Å². The number of rotatable bonds is 6. The number of carbonyl (C=O) groups excluding carboxylic acids is 1. The fourth-order valence-electron chi connectivity index (χ4n) is 0.677. The summed E-state index contributed by atoms with van der Waals surface area (Å²) in [5.74, 6) is -8.43. The van der Waals surface area contributed by atoms with Crippen LogP contribution in [0.5, 0.6) is 0 Å². The average Bonchev–Trinajstić information content (AvgIpc) is 2.12. The van der Waals surface area contributed by atoms with Gasteiger partial charge in [0.2, 0.25) is 0 Å². The molecule has 16 heavy (non-hydrogen) atoms. The fourth-order valence-corrected chi connectivity index (χ4v) is 0.677. The van der Waals surface area contributed by atoms with Crippen LogP contribution in [0.15, 0.2) is 0 Å².